The first kappa shape index (κ1) is 72.3. The number of ether oxygens (including phenoxy) is 1. The molecule has 0 bridgehead atoms. The highest BCUT2D eigenvalue weighted by molar-refractivity contribution is 5.76. The molecule has 3 N–H and O–H groups in total. The van der Waals surface area contributed by atoms with E-state index in [1.165, 1.54) is 302 Å². The van der Waals surface area contributed by atoms with Crippen LogP contribution in [-0.4, -0.2) is 47.4 Å². The lowest BCUT2D eigenvalue weighted by Gasteiger charge is -2.20. The Balaban J connectivity index is 3.45. The fourth-order valence-electron chi connectivity index (χ4n) is 10.6. The molecule has 0 aromatic rings. The van der Waals surface area contributed by atoms with E-state index in [2.05, 4.69) is 31.3 Å². The number of unbranched alkanes of at least 4 members (excludes halogenated alkanes) is 50. The molecule has 0 aliphatic carbocycles. The smallest absolute Gasteiger partial charge is 0.305 e. The van der Waals surface area contributed by atoms with Crippen molar-refractivity contribution in [3.8, 4) is 0 Å². The number of allylic oxidation sites excluding steroid dienone is 3. The van der Waals surface area contributed by atoms with Gasteiger partial charge in [-0.25, -0.2) is 0 Å². The molecule has 2 atom stereocenters. The Labute approximate surface area is 462 Å². The number of nitrogens with one attached hydrogen (secondary N) is 1. The third kappa shape index (κ3) is 59.6. The van der Waals surface area contributed by atoms with Crippen LogP contribution in [0.3, 0.4) is 0 Å². The lowest BCUT2D eigenvalue weighted by atomic mass is 10.0. The predicted octanol–water partition coefficient (Wildman–Crippen LogP) is 21.4. The van der Waals surface area contributed by atoms with Crippen molar-refractivity contribution in [1.29, 1.82) is 0 Å². The number of rotatable bonds is 63. The van der Waals surface area contributed by atoms with Crippen LogP contribution in [0, 0.1) is 0 Å². The summed E-state index contributed by atoms with van der Waals surface area (Å²) < 4.78 is 5.47. The van der Waals surface area contributed by atoms with Crippen LogP contribution in [-0.2, 0) is 14.3 Å². The van der Waals surface area contributed by atoms with E-state index in [1.54, 1.807) is 6.08 Å². The first-order valence-corrected chi connectivity index (χ1v) is 33.6. The average molecular weight is 1040 g/mol. The minimum absolute atomic E-state index is 0.0107. The molecule has 0 aromatic carbocycles. The van der Waals surface area contributed by atoms with Crippen molar-refractivity contribution in [2.45, 2.75) is 386 Å². The van der Waals surface area contributed by atoms with E-state index in [4.69, 9.17) is 4.74 Å². The highest BCUT2D eigenvalue weighted by Crippen LogP contribution is 2.18. The molecule has 0 rings (SSSR count). The van der Waals surface area contributed by atoms with Gasteiger partial charge in [-0.3, -0.25) is 9.59 Å². The van der Waals surface area contributed by atoms with Gasteiger partial charge in [0.2, 0.25) is 5.91 Å². The maximum Gasteiger partial charge on any atom is 0.305 e. The molecule has 0 heterocycles. The first-order chi connectivity index (χ1) is 36.5. The lowest BCUT2D eigenvalue weighted by molar-refractivity contribution is -0.143. The first-order valence-electron chi connectivity index (χ1n) is 33.6. The van der Waals surface area contributed by atoms with Crippen LogP contribution >= 0.6 is 0 Å². The van der Waals surface area contributed by atoms with E-state index in [9.17, 15) is 19.8 Å². The number of hydrogen-bond acceptors (Lipinski definition) is 5. The summed E-state index contributed by atoms with van der Waals surface area (Å²) in [6.07, 6.45) is 79.5. The van der Waals surface area contributed by atoms with Crippen LogP contribution in [0.15, 0.2) is 24.3 Å². The van der Waals surface area contributed by atoms with Crippen LogP contribution in [0.4, 0.5) is 0 Å². The number of amides is 1. The Morgan fingerprint density at radius 3 is 0.959 bits per heavy atom. The van der Waals surface area contributed by atoms with Gasteiger partial charge >= 0.3 is 5.97 Å². The summed E-state index contributed by atoms with van der Waals surface area (Å²) >= 11 is 0. The quantitative estimate of drug-likeness (QED) is 0.0320. The van der Waals surface area contributed by atoms with E-state index in [1.807, 2.05) is 6.08 Å². The number of esters is 1. The van der Waals surface area contributed by atoms with Crippen LogP contribution in [0.25, 0.3) is 0 Å². The Bertz CT molecular complexity index is 1150. The SMILES string of the molecule is CCCCCCCCCCCCCCCCCCCCCCC/C=C/C(O)C(CO)NC(=O)CCCCCCCCC/C=C\CCCCCCCCCCCCCOC(=O)CCCCCCCCCCCCCC. The Morgan fingerprint density at radius 2 is 0.635 bits per heavy atom. The van der Waals surface area contributed by atoms with Crippen molar-refractivity contribution >= 4 is 11.9 Å². The summed E-state index contributed by atoms with van der Waals surface area (Å²) in [6, 6.07) is -0.634. The molecule has 0 saturated carbocycles. The van der Waals surface area contributed by atoms with Gasteiger partial charge < -0.3 is 20.3 Å². The predicted molar refractivity (Wildman–Crippen MR) is 324 cm³/mol. The summed E-state index contributed by atoms with van der Waals surface area (Å²) in [5, 5.41) is 23.2. The summed E-state index contributed by atoms with van der Waals surface area (Å²) in [4.78, 5) is 24.5. The number of carbonyl (C=O) groups is 2. The molecular weight excluding hydrogens is 911 g/mol. The van der Waals surface area contributed by atoms with Crippen molar-refractivity contribution < 1.29 is 24.5 Å². The van der Waals surface area contributed by atoms with Gasteiger partial charge in [-0.05, 0) is 57.8 Å². The summed E-state index contributed by atoms with van der Waals surface area (Å²) in [5.41, 5.74) is 0. The third-order valence-electron chi connectivity index (χ3n) is 15.7. The van der Waals surface area contributed by atoms with Crippen molar-refractivity contribution in [2.75, 3.05) is 13.2 Å². The Morgan fingerprint density at radius 1 is 0.365 bits per heavy atom. The molecule has 1 amide bonds. The zero-order valence-corrected chi connectivity index (χ0v) is 50.1. The third-order valence-corrected chi connectivity index (χ3v) is 15.7. The maximum absolute atomic E-state index is 12.5. The number of hydrogen-bond donors (Lipinski definition) is 3. The second-order valence-corrected chi connectivity index (χ2v) is 23.2. The molecule has 0 aliphatic heterocycles. The van der Waals surface area contributed by atoms with E-state index < -0.39 is 12.1 Å². The van der Waals surface area contributed by atoms with E-state index in [-0.39, 0.29) is 18.5 Å². The fourth-order valence-corrected chi connectivity index (χ4v) is 10.6. The van der Waals surface area contributed by atoms with Gasteiger partial charge in [-0.1, -0.05) is 327 Å². The molecule has 0 aromatic heterocycles. The second-order valence-electron chi connectivity index (χ2n) is 23.2. The van der Waals surface area contributed by atoms with Crippen molar-refractivity contribution in [3.05, 3.63) is 24.3 Å². The number of aliphatic hydroxyl groups excluding tert-OH is 2. The van der Waals surface area contributed by atoms with Crippen LogP contribution in [0.2, 0.25) is 0 Å². The van der Waals surface area contributed by atoms with E-state index >= 15 is 0 Å². The second kappa shape index (κ2) is 63.9. The van der Waals surface area contributed by atoms with Gasteiger partial charge in [0.25, 0.3) is 0 Å². The van der Waals surface area contributed by atoms with Gasteiger partial charge in [-0.2, -0.15) is 0 Å². The monoisotopic (exact) mass is 1040 g/mol. The van der Waals surface area contributed by atoms with Crippen molar-refractivity contribution in [1.82, 2.24) is 5.32 Å². The molecule has 74 heavy (non-hydrogen) atoms. The largest absolute Gasteiger partial charge is 0.466 e. The minimum Gasteiger partial charge on any atom is -0.466 e. The van der Waals surface area contributed by atoms with Gasteiger partial charge in [0, 0.05) is 12.8 Å². The topological polar surface area (TPSA) is 95.9 Å². The number of aliphatic hydroxyl groups is 2. The lowest BCUT2D eigenvalue weighted by Crippen LogP contribution is -2.45. The van der Waals surface area contributed by atoms with Gasteiger partial charge in [0.1, 0.15) is 0 Å². The highest BCUT2D eigenvalue weighted by atomic mass is 16.5. The molecule has 0 spiro atoms. The summed E-state index contributed by atoms with van der Waals surface area (Å²) in [7, 11) is 0. The molecule has 438 valence electrons. The van der Waals surface area contributed by atoms with Gasteiger partial charge in [0.15, 0.2) is 0 Å². The molecule has 0 saturated heterocycles. The Hall–Kier alpha value is -1.66. The van der Waals surface area contributed by atoms with Crippen LogP contribution < -0.4 is 5.32 Å². The zero-order chi connectivity index (χ0) is 53.6. The molecule has 0 aliphatic rings. The molecule has 2 unspecified atom stereocenters. The number of carbonyl (C=O) groups excluding carboxylic acids is 2. The van der Waals surface area contributed by atoms with E-state index in [0.717, 1.165) is 44.9 Å². The normalized spacial score (nSPS) is 12.6. The average Bonchev–Trinajstić information content (AvgIpc) is 3.40. The molecule has 0 fully saturated rings. The van der Waals surface area contributed by atoms with Gasteiger partial charge in [-0.15, -0.1) is 0 Å². The molecular formula is C68H131NO5. The molecule has 0 radical (unpaired) electrons. The van der Waals surface area contributed by atoms with Crippen molar-refractivity contribution in [3.63, 3.8) is 0 Å². The van der Waals surface area contributed by atoms with Crippen LogP contribution in [0.1, 0.15) is 373 Å². The summed E-state index contributed by atoms with van der Waals surface area (Å²) in [5.74, 6) is -0.0603. The van der Waals surface area contributed by atoms with Crippen LogP contribution in [0.5, 0.6) is 0 Å². The highest BCUT2D eigenvalue weighted by Gasteiger charge is 2.18. The molecule has 6 nitrogen and oxygen atoms in total. The van der Waals surface area contributed by atoms with Gasteiger partial charge in [0.05, 0.1) is 25.4 Å². The molecule has 6 heteroatoms. The minimum atomic E-state index is -0.850. The maximum atomic E-state index is 12.5. The standard InChI is InChI=1S/C68H131NO5/c1-3-5-7-9-11-13-15-17-18-19-20-21-22-25-28-31-34-37-40-44-48-52-56-60-66(71)65(64-70)69-67(72)61-57-53-49-45-41-38-35-32-29-26-23-24-27-30-33-36-39-43-47-51-55-59-63-74-68(73)62-58-54-50-46-42-16-14-12-10-8-6-4-2/h26,29,56,60,65-66,70-71H,3-25,27-28,30-55,57-59,61-64H2,1-2H3,(H,69,72)/b29-26-,60-56+. The fraction of sp³-hybridized carbons (Fsp3) is 0.912. The zero-order valence-electron chi connectivity index (χ0n) is 50.1. The Kier molecular flexibility index (Phi) is 62.4. The van der Waals surface area contributed by atoms with Crippen molar-refractivity contribution in [2.24, 2.45) is 0 Å². The summed E-state index contributed by atoms with van der Waals surface area (Å²) in [6.45, 7) is 4.93. The van der Waals surface area contributed by atoms with E-state index in [0.29, 0.717) is 19.4 Å².